The molecular formula is C17H12ClN3. The third-order valence-corrected chi connectivity index (χ3v) is 3.95. The molecule has 0 bridgehead atoms. The summed E-state index contributed by atoms with van der Waals surface area (Å²) in [5, 5.41) is 10.3. The molecule has 4 aromatic rings. The largest absolute Gasteiger partial charge is 0.280 e. The lowest BCUT2D eigenvalue weighted by Gasteiger charge is -2.07. The fourth-order valence-electron chi connectivity index (χ4n) is 2.64. The van der Waals surface area contributed by atoms with Gasteiger partial charge in [-0.05, 0) is 19.1 Å². The number of rotatable bonds is 1. The zero-order chi connectivity index (χ0) is 14.4. The highest BCUT2D eigenvalue weighted by Crippen LogP contribution is 2.32. The number of aryl methyl sites for hydroxylation is 1. The molecule has 0 saturated carbocycles. The van der Waals surface area contributed by atoms with Crippen LogP contribution in [0.2, 0.25) is 5.02 Å². The van der Waals surface area contributed by atoms with Crippen LogP contribution < -0.4 is 0 Å². The van der Waals surface area contributed by atoms with Crippen molar-refractivity contribution < 1.29 is 0 Å². The molecule has 21 heavy (non-hydrogen) atoms. The number of H-pyrrole nitrogens is 1. The van der Waals surface area contributed by atoms with Crippen molar-refractivity contribution >= 4 is 33.4 Å². The average molecular weight is 294 g/mol. The maximum absolute atomic E-state index is 5.98. The first-order valence-corrected chi connectivity index (χ1v) is 7.11. The molecule has 0 aliphatic heterocycles. The zero-order valence-corrected chi connectivity index (χ0v) is 12.1. The van der Waals surface area contributed by atoms with Crippen LogP contribution in [0.15, 0.2) is 48.5 Å². The van der Waals surface area contributed by atoms with Gasteiger partial charge in [0.1, 0.15) is 11.0 Å². The second kappa shape index (κ2) is 4.57. The normalized spacial score (nSPS) is 11.3. The van der Waals surface area contributed by atoms with Crippen LogP contribution in [-0.4, -0.2) is 15.2 Å². The van der Waals surface area contributed by atoms with Gasteiger partial charge in [-0.3, -0.25) is 5.10 Å². The second-order valence-electron chi connectivity index (χ2n) is 5.06. The van der Waals surface area contributed by atoms with Gasteiger partial charge < -0.3 is 0 Å². The number of halogens is 1. The number of fused-ring (bicyclic) bond motifs is 3. The molecule has 0 unspecified atom stereocenters. The summed E-state index contributed by atoms with van der Waals surface area (Å²) in [5.74, 6) is 0. The highest BCUT2D eigenvalue weighted by Gasteiger charge is 2.13. The second-order valence-corrected chi connectivity index (χ2v) is 5.50. The Morgan fingerprint density at radius 3 is 2.38 bits per heavy atom. The van der Waals surface area contributed by atoms with E-state index in [0.717, 1.165) is 43.8 Å². The molecule has 0 aliphatic carbocycles. The van der Waals surface area contributed by atoms with Crippen molar-refractivity contribution in [2.45, 2.75) is 6.92 Å². The van der Waals surface area contributed by atoms with Crippen molar-refractivity contribution in [3.63, 3.8) is 0 Å². The van der Waals surface area contributed by atoms with Crippen molar-refractivity contribution in [2.24, 2.45) is 0 Å². The van der Waals surface area contributed by atoms with E-state index < -0.39 is 0 Å². The highest BCUT2D eigenvalue weighted by molar-refractivity contribution is 6.30. The van der Waals surface area contributed by atoms with Crippen LogP contribution in [-0.2, 0) is 0 Å². The summed E-state index contributed by atoms with van der Waals surface area (Å²) in [5.41, 5.74) is 4.82. The molecule has 2 aromatic heterocycles. The fourth-order valence-corrected chi connectivity index (χ4v) is 2.77. The van der Waals surface area contributed by atoms with E-state index in [1.807, 2.05) is 43.3 Å². The number of nitrogens with zero attached hydrogens (tertiary/aromatic N) is 2. The average Bonchev–Trinajstić information content (AvgIpc) is 2.89. The third kappa shape index (κ3) is 1.89. The maximum atomic E-state index is 5.98. The molecule has 0 saturated heterocycles. The summed E-state index contributed by atoms with van der Waals surface area (Å²) in [4.78, 5) is 4.83. The summed E-state index contributed by atoms with van der Waals surface area (Å²) in [6.07, 6.45) is 0. The first-order chi connectivity index (χ1) is 10.2. The van der Waals surface area contributed by atoms with Crippen LogP contribution in [0.3, 0.4) is 0 Å². The number of aromatic nitrogens is 3. The third-order valence-electron chi connectivity index (χ3n) is 3.69. The molecule has 0 fully saturated rings. The molecule has 2 aromatic carbocycles. The molecule has 4 rings (SSSR count). The van der Waals surface area contributed by atoms with Crippen LogP contribution in [0, 0.1) is 6.92 Å². The van der Waals surface area contributed by atoms with Crippen LogP contribution >= 0.6 is 11.6 Å². The van der Waals surface area contributed by atoms with Gasteiger partial charge in [-0.2, -0.15) is 5.10 Å². The molecule has 102 valence electrons. The van der Waals surface area contributed by atoms with Gasteiger partial charge in [0.2, 0.25) is 0 Å². The van der Waals surface area contributed by atoms with Crippen LogP contribution in [0.25, 0.3) is 33.1 Å². The van der Waals surface area contributed by atoms with E-state index in [9.17, 15) is 0 Å². The number of aromatic amines is 1. The minimum Gasteiger partial charge on any atom is -0.280 e. The molecular weight excluding hydrogens is 282 g/mol. The molecule has 4 heteroatoms. The number of pyridine rings is 1. The van der Waals surface area contributed by atoms with E-state index >= 15 is 0 Å². The monoisotopic (exact) mass is 293 g/mol. The number of benzene rings is 2. The first-order valence-electron chi connectivity index (χ1n) is 6.73. The molecule has 0 atom stereocenters. The van der Waals surface area contributed by atoms with Gasteiger partial charge in [0.05, 0.1) is 11.4 Å². The van der Waals surface area contributed by atoms with Crippen molar-refractivity contribution in [3.05, 3.63) is 59.2 Å². The number of hydrogen-bond donors (Lipinski definition) is 1. The van der Waals surface area contributed by atoms with Crippen molar-refractivity contribution in [1.82, 2.24) is 15.2 Å². The summed E-state index contributed by atoms with van der Waals surface area (Å²) >= 11 is 5.98. The Balaban J connectivity index is 2.15. The van der Waals surface area contributed by atoms with Gasteiger partial charge in [-0.25, -0.2) is 4.98 Å². The number of nitrogens with one attached hydrogen (secondary N) is 1. The molecule has 2 heterocycles. The fraction of sp³-hybridized carbons (Fsp3) is 0.0588. The summed E-state index contributed by atoms with van der Waals surface area (Å²) < 4.78 is 0. The Hall–Kier alpha value is -2.39. The van der Waals surface area contributed by atoms with Gasteiger partial charge in [0, 0.05) is 21.4 Å². The Kier molecular flexibility index (Phi) is 2.69. The molecule has 0 radical (unpaired) electrons. The Labute approximate surface area is 126 Å². The van der Waals surface area contributed by atoms with E-state index in [-0.39, 0.29) is 0 Å². The van der Waals surface area contributed by atoms with E-state index in [1.165, 1.54) is 0 Å². The summed E-state index contributed by atoms with van der Waals surface area (Å²) in [7, 11) is 0. The minimum absolute atomic E-state index is 0.726. The van der Waals surface area contributed by atoms with Gasteiger partial charge in [-0.15, -0.1) is 0 Å². The smallest absolute Gasteiger partial charge is 0.119 e. The van der Waals surface area contributed by atoms with Crippen molar-refractivity contribution in [2.75, 3.05) is 0 Å². The lowest BCUT2D eigenvalue weighted by molar-refractivity contribution is 1.07. The lowest BCUT2D eigenvalue weighted by Crippen LogP contribution is -1.89. The van der Waals surface area contributed by atoms with E-state index in [4.69, 9.17) is 16.6 Å². The predicted octanol–water partition coefficient (Wildman–Crippen LogP) is 4.74. The minimum atomic E-state index is 0.726. The quantitative estimate of drug-likeness (QED) is 0.551. The summed E-state index contributed by atoms with van der Waals surface area (Å²) in [6, 6.07) is 16.0. The van der Waals surface area contributed by atoms with Crippen molar-refractivity contribution in [3.8, 4) is 11.3 Å². The SMILES string of the molecule is Cc1[nH]nc2c1nc(-c1ccc(Cl)cc1)c1ccccc12. The number of hydrogen-bond acceptors (Lipinski definition) is 2. The lowest BCUT2D eigenvalue weighted by atomic mass is 10.0. The van der Waals surface area contributed by atoms with Gasteiger partial charge in [0.25, 0.3) is 0 Å². The van der Waals surface area contributed by atoms with Crippen LogP contribution in [0.1, 0.15) is 5.69 Å². The Bertz CT molecular complexity index is 955. The van der Waals surface area contributed by atoms with E-state index in [2.05, 4.69) is 22.3 Å². The first kappa shape index (κ1) is 12.4. The van der Waals surface area contributed by atoms with Crippen LogP contribution in [0.4, 0.5) is 0 Å². The van der Waals surface area contributed by atoms with Gasteiger partial charge in [-0.1, -0.05) is 48.0 Å². The van der Waals surface area contributed by atoms with Crippen LogP contribution in [0.5, 0.6) is 0 Å². The van der Waals surface area contributed by atoms with Gasteiger partial charge >= 0.3 is 0 Å². The standard InChI is InChI=1S/C17H12ClN3/c1-10-15-17(21-20-10)14-5-3-2-4-13(14)16(19-15)11-6-8-12(18)9-7-11/h2-9H,1H3,(H,20,21). The molecule has 0 amide bonds. The zero-order valence-electron chi connectivity index (χ0n) is 11.4. The molecule has 3 nitrogen and oxygen atoms in total. The van der Waals surface area contributed by atoms with E-state index in [0.29, 0.717) is 0 Å². The molecule has 0 aliphatic rings. The molecule has 0 spiro atoms. The van der Waals surface area contributed by atoms with Gasteiger partial charge in [0.15, 0.2) is 0 Å². The highest BCUT2D eigenvalue weighted by atomic mass is 35.5. The van der Waals surface area contributed by atoms with E-state index in [1.54, 1.807) is 0 Å². The summed E-state index contributed by atoms with van der Waals surface area (Å²) in [6.45, 7) is 1.99. The Morgan fingerprint density at radius 2 is 1.62 bits per heavy atom. The Morgan fingerprint density at radius 1 is 0.905 bits per heavy atom. The maximum Gasteiger partial charge on any atom is 0.119 e. The van der Waals surface area contributed by atoms with Crippen molar-refractivity contribution in [1.29, 1.82) is 0 Å². The topological polar surface area (TPSA) is 41.6 Å². The molecule has 1 N–H and O–H groups in total. The predicted molar refractivity (Wildman–Crippen MR) is 86.6 cm³/mol.